The topological polar surface area (TPSA) is 45.5 Å². The van der Waals surface area contributed by atoms with Gasteiger partial charge in [0.15, 0.2) is 6.23 Å². The van der Waals surface area contributed by atoms with Crippen LogP contribution in [0.4, 0.5) is 0 Å². The fourth-order valence-electron chi connectivity index (χ4n) is 4.66. The highest BCUT2D eigenvalue weighted by Crippen LogP contribution is 2.50. The Morgan fingerprint density at radius 1 is 1.17 bits per heavy atom. The molecule has 1 aromatic heterocycles. The van der Waals surface area contributed by atoms with Gasteiger partial charge in [0, 0.05) is 17.0 Å². The third kappa shape index (κ3) is 3.15. The fraction of sp³-hybridized carbons (Fsp3) is 0.682. The van der Waals surface area contributed by atoms with Crippen LogP contribution in [0.2, 0.25) is 5.02 Å². The summed E-state index contributed by atoms with van der Waals surface area (Å²) in [5.74, 6) is 1.08. The number of fused-ring (bicyclic) bond motifs is 1. The van der Waals surface area contributed by atoms with Crippen molar-refractivity contribution in [2.75, 3.05) is 6.61 Å². The summed E-state index contributed by atoms with van der Waals surface area (Å²) in [6, 6.07) is 2.07. The van der Waals surface area contributed by atoms with Crippen LogP contribution in [0.5, 0.6) is 0 Å². The number of hydrogen-bond acceptors (Lipinski definition) is 4. The molecule has 0 radical (unpaired) electrons. The van der Waals surface area contributed by atoms with Gasteiger partial charge in [-0.05, 0) is 82.3 Å². The van der Waals surface area contributed by atoms with Gasteiger partial charge in [0.05, 0.1) is 22.9 Å². The summed E-state index contributed by atoms with van der Waals surface area (Å²) in [5.41, 5.74) is 2.43. The van der Waals surface area contributed by atoms with E-state index in [1.165, 1.54) is 5.56 Å². The molecule has 2 saturated heterocycles. The van der Waals surface area contributed by atoms with E-state index in [9.17, 15) is 0 Å². The van der Waals surface area contributed by atoms with E-state index in [4.69, 9.17) is 30.7 Å². The highest BCUT2D eigenvalue weighted by atomic mass is 35.5. The maximum atomic E-state index is 6.90. The Bertz CT molecular complexity index is 935. The molecule has 156 valence electrons. The van der Waals surface area contributed by atoms with E-state index in [0.717, 1.165) is 53.7 Å². The molecule has 2 aromatic rings. The Morgan fingerprint density at radius 3 is 2.45 bits per heavy atom. The molecule has 0 N–H and O–H groups in total. The van der Waals surface area contributed by atoms with E-state index in [-0.39, 0.29) is 6.23 Å². The molecule has 2 aliphatic heterocycles. The van der Waals surface area contributed by atoms with Crippen molar-refractivity contribution in [3.63, 3.8) is 0 Å². The maximum absolute atomic E-state index is 6.90. The van der Waals surface area contributed by atoms with Gasteiger partial charge in [-0.15, -0.1) is 0 Å². The Labute approximate surface area is 178 Å². The van der Waals surface area contributed by atoms with Gasteiger partial charge < -0.3 is 14.0 Å². The van der Waals surface area contributed by atoms with Gasteiger partial charge >= 0.3 is 7.12 Å². The standard InChI is InChI=1S/C22H30BClN2O3/c1-13-10-14(13)19-16(24)11-17-15(12-25-26(17)18-8-6-7-9-27-18)20(19)23-28-21(2,3)22(4,5)29-23/h11-14,18H,6-10H2,1-5H3/t13-,14+,18?/m0/s1. The van der Waals surface area contributed by atoms with Gasteiger partial charge in [-0.3, -0.25) is 0 Å². The highest BCUT2D eigenvalue weighted by molar-refractivity contribution is 6.66. The zero-order chi connectivity index (χ0) is 20.6. The Balaban J connectivity index is 1.67. The van der Waals surface area contributed by atoms with Crippen LogP contribution in [0.15, 0.2) is 12.3 Å². The minimum absolute atomic E-state index is 0.0332. The summed E-state index contributed by atoms with van der Waals surface area (Å²) < 4.78 is 20.9. The summed E-state index contributed by atoms with van der Waals surface area (Å²) >= 11 is 6.90. The zero-order valence-corrected chi connectivity index (χ0v) is 18.8. The number of aromatic nitrogens is 2. The van der Waals surface area contributed by atoms with Crippen LogP contribution >= 0.6 is 11.6 Å². The molecule has 1 unspecified atom stereocenters. The SMILES string of the molecule is C[C@H]1C[C@H]1c1c(Cl)cc2c(cnn2C2CCCCO2)c1B1OC(C)(C)C(C)(C)O1. The van der Waals surface area contributed by atoms with E-state index < -0.39 is 18.3 Å². The largest absolute Gasteiger partial charge is 0.495 e. The molecule has 5 nitrogen and oxygen atoms in total. The molecular weight excluding hydrogens is 387 g/mol. The summed E-state index contributed by atoms with van der Waals surface area (Å²) in [6.45, 7) is 11.4. The molecule has 0 amide bonds. The molecule has 0 bridgehead atoms. The van der Waals surface area contributed by atoms with Gasteiger partial charge in [-0.25, -0.2) is 4.68 Å². The smallest absolute Gasteiger partial charge is 0.399 e. The van der Waals surface area contributed by atoms with Crippen LogP contribution in [0.25, 0.3) is 10.9 Å². The van der Waals surface area contributed by atoms with E-state index >= 15 is 0 Å². The average Bonchev–Trinajstić information content (AvgIpc) is 3.14. The minimum atomic E-state index is -0.450. The van der Waals surface area contributed by atoms with E-state index in [2.05, 4.69) is 40.7 Å². The third-order valence-corrected chi connectivity index (χ3v) is 7.65. The molecule has 3 heterocycles. The zero-order valence-electron chi connectivity index (χ0n) is 18.0. The van der Waals surface area contributed by atoms with Gasteiger partial charge in [0.1, 0.15) is 0 Å². The first-order valence-corrected chi connectivity index (χ1v) is 11.2. The summed E-state index contributed by atoms with van der Waals surface area (Å²) in [4.78, 5) is 0. The Hall–Kier alpha value is -1.08. The number of ether oxygens (including phenoxy) is 1. The number of rotatable bonds is 3. The summed E-state index contributed by atoms with van der Waals surface area (Å²) in [6.07, 6.45) is 6.30. The minimum Gasteiger partial charge on any atom is -0.399 e. The molecule has 3 atom stereocenters. The van der Waals surface area contributed by atoms with Gasteiger partial charge in [0.25, 0.3) is 0 Å². The predicted molar refractivity (Wildman–Crippen MR) is 116 cm³/mol. The van der Waals surface area contributed by atoms with Crippen molar-refractivity contribution < 1.29 is 14.0 Å². The number of halogens is 1. The normalized spacial score (nSPS) is 30.8. The molecule has 0 spiro atoms. The second-order valence-corrected chi connectivity index (χ2v) is 10.3. The summed E-state index contributed by atoms with van der Waals surface area (Å²) in [5, 5.41) is 6.58. The molecule has 29 heavy (non-hydrogen) atoms. The van der Waals surface area contributed by atoms with E-state index in [0.29, 0.717) is 11.8 Å². The number of hydrogen-bond donors (Lipinski definition) is 0. The van der Waals surface area contributed by atoms with Crippen molar-refractivity contribution in [3.05, 3.63) is 22.8 Å². The van der Waals surface area contributed by atoms with Gasteiger partial charge in [0.2, 0.25) is 0 Å². The van der Waals surface area contributed by atoms with Crippen molar-refractivity contribution in [2.24, 2.45) is 5.92 Å². The molecular formula is C22H30BClN2O3. The van der Waals surface area contributed by atoms with E-state index in [1.807, 2.05) is 10.9 Å². The highest BCUT2D eigenvalue weighted by Gasteiger charge is 2.54. The number of nitrogens with zero attached hydrogens (tertiary/aromatic N) is 2. The molecule has 1 aromatic carbocycles. The molecule has 3 aliphatic rings. The van der Waals surface area contributed by atoms with E-state index in [1.54, 1.807) is 0 Å². The third-order valence-electron chi connectivity index (χ3n) is 7.33. The second-order valence-electron chi connectivity index (χ2n) is 9.94. The monoisotopic (exact) mass is 416 g/mol. The molecule has 3 fully saturated rings. The molecule has 1 aliphatic carbocycles. The fourth-order valence-corrected chi connectivity index (χ4v) is 5.00. The quantitative estimate of drug-likeness (QED) is 0.673. The van der Waals surface area contributed by atoms with Crippen molar-refractivity contribution in [1.29, 1.82) is 0 Å². The van der Waals surface area contributed by atoms with Crippen LogP contribution in [0.3, 0.4) is 0 Å². The number of benzene rings is 1. The van der Waals surface area contributed by atoms with Crippen molar-refractivity contribution in [1.82, 2.24) is 9.78 Å². The first kappa shape index (κ1) is 19.9. The predicted octanol–water partition coefficient (Wildman–Crippen LogP) is 4.81. The average molecular weight is 417 g/mol. The van der Waals surface area contributed by atoms with Crippen molar-refractivity contribution >= 4 is 35.1 Å². The summed E-state index contributed by atoms with van der Waals surface area (Å²) in [7, 11) is -0.450. The lowest BCUT2D eigenvalue weighted by Crippen LogP contribution is -2.41. The molecule has 1 saturated carbocycles. The van der Waals surface area contributed by atoms with Gasteiger partial charge in [-0.2, -0.15) is 5.10 Å². The van der Waals surface area contributed by atoms with Crippen LogP contribution in [-0.2, 0) is 14.0 Å². The lowest BCUT2D eigenvalue weighted by atomic mass is 9.72. The molecule has 5 rings (SSSR count). The van der Waals surface area contributed by atoms with Crippen LogP contribution < -0.4 is 5.46 Å². The van der Waals surface area contributed by atoms with Crippen molar-refractivity contribution in [3.8, 4) is 0 Å². The van der Waals surface area contributed by atoms with Gasteiger partial charge in [-0.1, -0.05) is 18.5 Å². The van der Waals surface area contributed by atoms with Crippen LogP contribution in [0.1, 0.15) is 78.0 Å². The Morgan fingerprint density at radius 2 is 1.86 bits per heavy atom. The lowest BCUT2D eigenvalue weighted by molar-refractivity contribution is -0.0366. The molecule has 7 heteroatoms. The maximum Gasteiger partial charge on any atom is 0.495 e. The first-order chi connectivity index (χ1) is 13.7. The van der Waals surface area contributed by atoms with Crippen molar-refractivity contribution in [2.45, 2.75) is 83.6 Å². The van der Waals surface area contributed by atoms with Crippen LogP contribution in [-0.4, -0.2) is 34.7 Å². The Kier molecular flexibility index (Phi) is 4.60. The second kappa shape index (κ2) is 6.71. The van der Waals surface area contributed by atoms with Crippen LogP contribution in [0, 0.1) is 5.92 Å². The first-order valence-electron chi connectivity index (χ1n) is 10.9. The lowest BCUT2D eigenvalue weighted by Gasteiger charge is -2.32.